The number of aromatic nitrogens is 2. The molecule has 0 bridgehead atoms. The molecule has 0 saturated carbocycles. The first-order valence-electron chi connectivity index (χ1n) is 8.98. The summed E-state index contributed by atoms with van der Waals surface area (Å²) < 4.78 is 23.8. The smallest absolute Gasteiger partial charge is 0.315 e. The lowest BCUT2D eigenvalue weighted by Gasteiger charge is -2.16. The van der Waals surface area contributed by atoms with Crippen LogP contribution in [-0.2, 0) is 11.2 Å². The number of amides is 2. The molecule has 3 rings (SSSR count). The molecule has 4 unspecified atom stereocenters. The van der Waals surface area contributed by atoms with E-state index < -0.39 is 24.4 Å². The fourth-order valence-corrected chi connectivity index (χ4v) is 2.90. The second-order valence-corrected chi connectivity index (χ2v) is 6.93. The van der Waals surface area contributed by atoms with Gasteiger partial charge in [0.25, 0.3) is 0 Å². The van der Waals surface area contributed by atoms with E-state index >= 15 is 0 Å². The monoisotopic (exact) mass is 394 g/mol. The molecule has 1 aromatic carbocycles. The van der Waals surface area contributed by atoms with Crippen molar-refractivity contribution >= 4 is 6.03 Å². The van der Waals surface area contributed by atoms with Crippen molar-refractivity contribution in [3.05, 3.63) is 36.0 Å². The van der Waals surface area contributed by atoms with Gasteiger partial charge in [-0.25, -0.2) is 9.18 Å². The van der Waals surface area contributed by atoms with Crippen LogP contribution in [0.3, 0.4) is 0 Å². The Balaban J connectivity index is 1.57. The van der Waals surface area contributed by atoms with Crippen LogP contribution in [0.2, 0.25) is 0 Å². The summed E-state index contributed by atoms with van der Waals surface area (Å²) in [6, 6.07) is 5.22. The molecule has 9 nitrogen and oxygen atoms in total. The lowest BCUT2D eigenvalue weighted by atomic mass is 10.1. The number of carbonyl (C=O) groups excluding carboxylic acids is 1. The summed E-state index contributed by atoms with van der Waals surface area (Å²) >= 11 is 0. The molecule has 2 heterocycles. The summed E-state index contributed by atoms with van der Waals surface area (Å²) in [6.45, 7) is 3.69. The molecule has 0 spiro atoms. The molecule has 1 aromatic heterocycles. The van der Waals surface area contributed by atoms with Crippen LogP contribution in [0.4, 0.5) is 9.18 Å². The number of rotatable bonds is 6. The number of nitrogens with one attached hydrogen (secondary N) is 2. The van der Waals surface area contributed by atoms with Crippen LogP contribution < -0.4 is 10.6 Å². The third-order valence-corrected chi connectivity index (χ3v) is 4.29. The number of aliphatic hydroxyl groups excluding tert-OH is 2. The normalized spacial score (nSPS) is 24.5. The zero-order valence-electron chi connectivity index (χ0n) is 15.5. The van der Waals surface area contributed by atoms with Gasteiger partial charge in [0, 0.05) is 18.2 Å². The molecule has 1 fully saturated rings. The van der Waals surface area contributed by atoms with Crippen LogP contribution in [0.15, 0.2) is 28.8 Å². The Labute approximate surface area is 160 Å². The van der Waals surface area contributed by atoms with Crippen molar-refractivity contribution < 1.29 is 28.7 Å². The highest BCUT2D eigenvalue weighted by Crippen LogP contribution is 2.24. The zero-order chi connectivity index (χ0) is 20.3. The van der Waals surface area contributed by atoms with Crippen molar-refractivity contribution in [1.82, 2.24) is 20.8 Å². The van der Waals surface area contributed by atoms with Gasteiger partial charge in [0.2, 0.25) is 11.7 Å². The number of hydrogen-bond donors (Lipinski definition) is 4. The molecule has 1 aliphatic heterocycles. The molecule has 1 saturated heterocycles. The predicted octanol–water partition coefficient (Wildman–Crippen LogP) is 0.615. The lowest BCUT2D eigenvalue weighted by Crippen LogP contribution is -2.45. The largest absolute Gasteiger partial charge is 0.388 e. The van der Waals surface area contributed by atoms with Gasteiger partial charge in [-0.15, -0.1) is 0 Å². The first-order valence-corrected chi connectivity index (χ1v) is 8.98. The highest BCUT2D eigenvalue weighted by atomic mass is 19.1. The number of ether oxygens (including phenoxy) is 1. The van der Waals surface area contributed by atoms with Crippen molar-refractivity contribution in [2.75, 3.05) is 6.54 Å². The van der Waals surface area contributed by atoms with E-state index in [1.54, 1.807) is 0 Å². The highest BCUT2D eigenvalue weighted by Gasteiger charge is 2.43. The molecule has 1 aliphatic rings. The van der Waals surface area contributed by atoms with Crippen LogP contribution in [0.25, 0.3) is 11.4 Å². The zero-order valence-corrected chi connectivity index (χ0v) is 15.5. The van der Waals surface area contributed by atoms with Gasteiger partial charge in [0.05, 0.1) is 12.5 Å². The SMILES string of the molecule is CC(C)NC(=O)NCC1OC(Cc2nc(-c3ccc(F)cc3)no2)C(O)C1O. The van der Waals surface area contributed by atoms with Crippen molar-refractivity contribution in [3.63, 3.8) is 0 Å². The first-order chi connectivity index (χ1) is 13.3. The molecule has 28 heavy (non-hydrogen) atoms. The maximum atomic E-state index is 13.0. The molecular weight excluding hydrogens is 371 g/mol. The van der Waals surface area contributed by atoms with Gasteiger partial charge in [-0.1, -0.05) is 5.16 Å². The van der Waals surface area contributed by atoms with E-state index in [1.807, 2.05) is 13.8 Å². The predicted molar refractivity (Wildman–Crippen MR) is 95.7 cm³/mol. The number of benzene rings is 1. The van der Waals surface area contributed by atoms with Crippen LogP contribution in [-0.4, -0.2) is 63.4 Å². The first kappa shape index (κ1) is 20.2. The lowest BCUT2D eigenvalue weighted by molar-refractivity contribution is 0.00689. The molecule has 10 heteroatoms. The van der Waals surface area contributed by atoms with Gasteiger partial charge in [0.1, 0.15) is 24.1 Å². The minimum atomic E-state index is -1.17. The third-order valence-electron chi connectivity index (χ3n) is 4.29. The second-order valence-electron chi connectivity index (χ2n) is 6.93. The summed E-state index contributed by atoms with van der Waals surface area (Å²) in [7, 11) is 0. The van der Waals surface area contributed by atoms with Gasteiger partial charge in [-0.3, -0.25) is 0 Å². The number of hydrogen-bond acceptors (Lipinski definition) is 7. The quantitative estimate of drug-likeness (QED) is 0.565. The number of nitrogens with zero attached hydrogens (tertiary/aromatic N) is 2. The van der Waals surface area contributed by atoms with E-state index in [9.17, 15) is 19.4 Å². The Hall–Kier alpha value is -2.56. The molecular formula is C18H23FN4O5. The van der Waals surface area contributed by atoms with Gasteiger partial charge in [-0.2, -0.15) is 4.98 Å². The maximum absolute atomic E-state index is 13.0. The Bertz CT molecular complexity index is 798. The minimum Gasteiger partial charge on any atom is -0.388 e. The average molecular weight is 394 g/mol. The Morgan fingerprint density at radius 1 is 1.21 bits per heavy atom. The van der Waals surface area contributed by atoms with E-state index in [0.29, 0.717) is 5.56 Å². The number of aliphatic hydroxyl groups is 2. The van der Waals surface area contributed by atoms with Crippen molar-refractivity contribution in [2.24, 2.45) is 0 Å². The van der Waals surface area contributed by atoms with Crippen LogP contribution in [0, 0.1) is 5.82 Å². The van der Waals surface area contributed by atoms with E-state index in [0.717, 1.165) is 0 Å². The Kier molecular flexibility index (Phi) is 6.22. The van der Waals surface area contributed by atoms with E-state index in [1.165, 1.54) is 24.3 Å². The molecule has 0 radical (unpaired) electrons. The maximum Gasteiger partial charge on any atom is 0.315 e. The molecule has 2 amide bonds. The van der Waals surface area contributed by atoms with Gasteiger partial charge >= 0.3 is 6.03 Å². The molecule has 4 N–H and O–H groups in total. The number of halogens is 1. The van der Waals surface area contributed by atoms with Gasteiger partial charge < -0.3 is 30.1 Å². The van der Waals surface area contributed by atoms with E-state index in [4.69, 9.17) is 9.26 Å². The Morgan fingerprint density at radius 2 is 1.89 bits per heavy atom. The molecule has 0 aliphatic carbocycles. The van der Waals surface area contributed by atoms with E-state index in [-0.39, 0.29) is 42.6 Å². The van der Waals surface area contributed by atoms with Crippen LogP contribution in [0.1, 0.15) is 19.7 Å². The van der Waals surface area contributed by atoms with Crippen LogP contribution in [0.5, 0.6) is 0 Å². The summed E-state index contributed by atoms with van der Waals surface area (Å²) in [5.41, 5.74) is 0.586. The fourth-order valence-electron chi connectivity index (χ4n) is 2.90. The van der Waals surface area contributed by atoms with Crippen molar-refractivity contribution in [1.29, 1.82) is 0 Å². The van der Waals surface area contributed by atoms with E-state index in [2.05, 4.69) is 20.8 Å². The van der Waals surface area contributed by atoms with Gasteiger partial charge in [-0.05, 0) is 38.1 Å². The summed E-state index contributed by atoms with van der Waals surface area (Å²) in [6.07, 6.45) is -3.78. The summed E-state index contributed by atoms with van der Waals surface area (Å²) in [5, 5.41) is 29.5. The minimum absolute atomic E-state index is 0.0272. The van der Waals surface area contributed by atoms with Crippen LogP contribution >= 0.6 is 0 Å². The average Bonchev–Trinajstić information content (AvgIpc) is 3.21. The van der Waals surface area contributed by atoms with Crippen molar-refractivity contribution in [2.45, 2.75) is 50.7 Å². The third kappa shape index (κ3) is 4.83. The standard InChI is InChI=1S/C18H23FN4O5/c1-9(2)21-18(26)20-8-13-16(25)15(24)12(27-13)7-14-22-17(23-28-14)10-3-5-11(19)6-4-10/h3-6,9,12-13,15-16,24-25H,7-8H2,1-2H3,(H2,20,21,26). The van der Waals surface area contributed by atoms with Gasteiger partial charge in [0.15, 0.2) is 0 Å². The highest BCUT2D eigenvalue weighted by molar-refractivity contribution is 5.74. The summed E-state index contributed by atoms with van der Waals surface area (Å²) in [4.78, 5) is 15.9. The topological polar surface area (TPSA) is 130 Å². The number of carbonyl (C=O) groups is 1. The molecule has 152 valence electrons. The molecule has 4 atom stereocenters. The second kappa shape index (κ2) is 8.63. The number of urea groups is 1. The molecule has 2 aromatic rings. The fraction of sp³-hybridized carbons (Fsp3) is 0.500. The van der Waals surface area contributed by atoms with Crippen molar-refractivity contribution in [3.8, 4) is 11.4 Å². The Morgan fingerprint density at radius 3 is 2.57 bits per heavy atom. The summed E-state index contributed by atoms with van der Waals surface area (Å²) in [5.74, 6) is 0.124.